The van der Waals surface area contributed by atoms with E-state index in [2.05, 4.69) is 5.32 Å². The number of carbonyl (C=O) groups is 4. The standard InChI is InChI=1S/C26H22N2O7S/c1-14-20(12-15-3-8-18-19(11-15)35-13-34-18)36-25(23(14)26(32)33-2)27-24(31)16-4-6-17(7-5-16)28-21(29)9-10-22(28)30/h3-8,11H,9-10,12-13H2,1-2H3,(H,27,31). The number of carbonyl (C=O) groups excluding carboxylic acids is 4. The number of esters is 1. The number of rotatable bonds is 6. The van der Waals surface area contributed by atoms with Crippen LogP contribution in [0, 0.1) is 6.92 Å². The number of methoxy groups -OCH3 is 1. The summed E-state index contributed by atoms with van der Waals surface area (Å²) >= 11 is 1.30. The first-order valence-corrected chi connectivity index (χ1v) is 12.0. The normalized spacial score (nSPS) is 14.3. The van der Waals surface area contributed by atoms with Crippen molar-refractivity contribution in [1.82, 2.24) is 0 Å². The van der Waals surface area contributed by atoms with E-state index in [0.717, 1.165) is 20.9 Å². The van der Waals surface area contributed by atoms with Crippen LogP contribution in [0.2, 0.25) is 0 Å². The van der Waals surface area contributed by atoms with Crippen LogP contribution < -0.4 is 19.7 Å². The Morgan fingerprint density at radius 3 is 2.42 bits per heavy atom. The van der Waals surface area contributed by atoms with E-state index in [-0.39, 0.29) is 31.4 Å². The third-order valence-electron chi connectivity index (χ3n) is 6.10. The molecule has 3 aromatic rings. The van der Waals surface area contributed by atoms with Crippen molar-refractivity contribution in [3.8, 4) is 11.5 Å². The summed E-state index contributed by atoms with van der Waals surface area (Å²) in [6, 6.07) is 11.9. The lowest BCUT2D eigenvalue weighted by atomic mass is 10.1. The zero-order chi connectivity index (χ0) is 25.4. The molecular formula is C26H22N2O7S. The van der Waals surface area contributed by atoms with Crippen LogP contribution in [0.4, 0.5) is 10.7 Å². The zero-order valence-electron chi connectivity index (χ0n) is 19.6. The van der Waals surface area contributed by atoms with Gasteiger partial charge in [0, 0.05) is 29.7 Å². The Kier molecular flexibility index (Phi) is 6.19. The molecule has 0 bridgehead atoms. The third-order valence-corrected chi connectivity index (χ3v) is 7.31. The molecule has 2 aromatic carbocycles. The van der Waals surface area contributed by atoms with E-state index in [1.54, 1.807) is 12.1 Å². The summed E-state index contributed by atoms with van der Waals surface area (Å²) in [5.41, 5.74) is 2.74. The van der Waals surface area contributed by atoms with Gasteiger partial charge in [-0.2, -0.15) is 0 Å². The molecule has 5 rings (SSSR count). The van der Waals surface area contributed by atoms with Crippen molar-refractivity contribution in [1.29, 1.82) is 0 Å². The van der Waals surface area contributed by atoms with Crippen LogP contribution in [-0.2, 0) is 20.7 Å². The number of anilines is 2. The van der Waals surface area contributed by atoms with E-state index in [9.17, 15) is 19.2 Å². The molecule has 36 heavy (non-hydrogen) atoms. The van der Waals surface area contributed by atoms with E-state index in [1.807, 2.05) is 25.1 Å². The largest absolute Gasteiger partial charge is 0.465 e. The van der Waals surface area contributed by atoms with Crippen molar-refractivity contribution in [3.63, 3.8) is 0 Å². The number of thiophene rings is 1. The Labute approximate surface area is 210 Å². The second-order valence-corrected chi connectivity index (χ2v) is 9.44. The van der Waals surface area contributed by atoms with Gasteiger partial charge in [0.25, 0.3) is 5.91 Å². The maximum Gasteiger partial charge on any atom is 0.341 e. The van der Waals surface area contributed by atoms with Crippen molar-refractivity contribution >= 4 is 45.7 Å². The molecule has 1 aromatic heterocycles. The molecule has 0 unspecified atom stereocenters. The van der Waals surface area contributed by atoms with Crippen LogP contribution in [0.15, 0.2) is 42.5 Å². The smallest absolute Gasteiger partial charge is 0.341 e. The Bertz CT molecular complexity index is 1380. The Balaban J connectivity index is 1.38. The monoisotopic (exact) mass is 506 g/mol. The fourth-order valence-electron chi connectivity index (χ4n) is 4.20. The summed E-state index contributed by atoms with van der Waals surface area (Å²) in [6.45, 7) is 2.00. The predicted molar refractivity (Wildman–Crippen MR) is 132 cm³/mol. The van der Waals surface area contributed by atoms with Crippen molar-refractivity contribution in [2.75, 3.05) is 24.1 Å². The molecule has 10 heteroatoms. The minimum absolute atomic E-state index is 0.184. The van der Waals surface area contributed by atoms with E-state index < -0.39 is 11.9 Å². The van der Waals surface area contributed by atoms with Gasteiger partial charge in [-0.05, 0) is 54.4 Å². The molecule has 2 aliphatic heterocycles. The van der Waals surface area contributed by atoms with Crippen molar-refractivity contribution < 1.29 is 33.4 Å². The minimum atomic E-state index is -0.544. The molecule has 9 nitrogen and oxygen atoms in total. The summed E-state index contributed by atoms with van der Waals surface area (Å²) in [5.74, 6) is -0.134. The van der Waals surface area contributed by atoms with Crippen molar-refractivity contribution in [2.24, 2.45) is 0 Å². The Hall–Kier alpha value is -4.18. The van der Waals surface area contributed by atoms with Gasteiger partial charge >= 0.3 is 5.97 Å². The highest BCUT2D eigenvalue weighted by molar-refractivity contribution is 7.17. The van der Waals surface area contributed by atoms with Gasteiger partial charge in [-0.15, -0.1) is 11.3 Å². The number of amides is 3. The average Bonchev–Trinajstić information content (AvgIpc) is 3.56. The summed E-state index contributed by atoms with van der Waals surface area (Å²) < 4.78 is 15.8. The summed E-state index contributed by atoms with van der Waals surface area (Å²) in [7, 11) is 1.29. The predicted octanol–water partition coefficient (Wildman–Crippen LogP) is 4.07. The number of ether oxygens (including phenoxy) is 3. The first-order chi connectivity index (χ1) is 17.4. The summed E-state index contributed by atoms with van der Waals surface area (Å²) in [6.07, 6.45) is 0.896. The SMILES string of the molecule is COC(=O)c1c(NC(=O)c2ccc(N3C(=O)CCC3=O)cc2)sc(Cc2ccc3c(c2)OCO3)c1C. The molecule has 3 amide bonds. The minimum Gasteiger partial charge on any atom is -0.465 e. The zero-order valence-corrected chi connectivity index (χ0v) is 20.4. The van der Waals surface area contributed by atoms with Gasteiger partial charge in [0.1, 0.15) is 5.00 Å². The Morgan fingerprint density at radius 1 is 1.03 bits per heavy atom. The van der Waals surface area contributed by atoms with Gasteiger partial charge in [0.2, 0.25) is 18.6 Å². The lowest BCUT2D eigenvalue weighted by Gasteiger charge is -2.14. The number of hydrogen-bond donors (Lipinski definition) is 1. The van der Waals surface area contributed by atoms with Crippen LogP contribution in [0.3, 0.4) is 0 Å². The molecule has 1 fully saturated rings. The number of hydrogen-bond acceptors (Lipinski definition) is 8. The highest BCUT2D eigenvalue weighted by Gasteiger charge is 2.30. The summed E-state index contributed by atoms with van der Waals surface area (Å²) in [4.78, 5) is 51.5. The fraction of sp³-hybridized carbons (Fsp3) is 0.231. The molecule has 184 valence electrons. The maximum absolute atomic E-state index is 13.0. The van der Waals surface area contributed by atoms with E-state index in [1.165, 1.54) is 30.6 Å². The highest BCUT2D eigenvalue weighted by atomic mass is 32.1. The molecule has 0 saturated carbocycles. The van der Waals surface area contributed by atoms with Gasteiger partial charge in [0.15, 0.2) is 11.5 Å². The quantitative estimate of drug-likeness (QED) is 0.396. The molecule has 3 heterocycles. The third kappa shape index (κ3) is 4.31. The lowest BCUT2D eigenvalue weighted by molar-refractivity contribution is -0.121. The van der Waals surface area contributed by atoms with Crippen molar-refractivity contribution in [2.45, 2.75) is 26.2 Å². The maximum atomic E-state index is 13.0. The summed E-state index contributed by atoms with van der Waals surface area (Å²) in [5, 5.41) is 3.21. The number of fused-ring (bicyclic) bond motifs is 1. The van der Waals surface area contributed by atoms with E-state index in [4.69, 9.17) is 14.2 Å². The fourth-order valence-corrected chi connectivity index (χ4v) is 5.43. The lowest BCUT2D eigenvalue weighted by Crippen LogP contribution is -2.28. The van der Waals surface area contributed by atoms with Gasteiger partial charge < -0.3 is 19.5 Å². The number of imide groups is 1. The molecule has 1 saturated heterocycles. The van der Waals surface area contributed by atoms with Crippen LogP contribution in [-0.4, -0.2) is 37.6 Å². The topological polar surface area (TPSA) is 111 Å². The first kappa shape index (κ1) is 23.6. The number of nitrogens with zero attached hydrogens (tertiary/aromatic N) is 1. The highest BCUT2D eigenvalue weighted by Crippen LogP contribution is 2.38. The van der Waals surface area contributed by atoms with Crippen LogP contribution in [0.1, 0.15) is 49.6 Å². The molecule has 0 aliphatic carbocycles. The number of benzene rings is 2. The van der Waals surface area contributed by atoms with Gasteiger partial charge in [-0.3, -0.25) is 19.3 Å². The van der Waals surface area contributed by atoms with E-state index in [0.29, 0.717) is 39.7 Å². The number of nitrogens with one attached hydrogen (secondary N) is 1. The van der Waals surface area contributed by atoms with Crippen LogP contribution in [0.25, 0.3) is 0 Å². The second kappa shape index (κ2) is 9.46. The molecule has 2 aliphatic rings. The molecule has 0 radical (unpaired) electrons. The van der Waals surface area contributed by atoms with E-state index >= 15 is 0 Å². The first-order valence-electron chi connectivity index (χ1n) is 11.2. The molecular weight excluding hydrogens is 484 g/mol. The Morgan fingerprint density at radius 2 is 1.72 bits per heavy atom. The average molecular weight is 507 g/mol. The van der Waals surface area contributed by atoms with Gasteiger partial charge in [0.05, 0.1) is 18.4 Å². The molecule has 1 N–H and O–H groups in total. The second-order valence-electron chi connectivity index (χ2n) is 8.33. The van der Waals surface area contributed by atoms with Crippen LogP contribution >= 0.6 is 11.3 Å². The van der Waals surface area contributed by atoms with Crippen LogP contribution in [0.5, 0.6) is 11.5 Å². The molecule has 0 atom stereocenters. The van der Waals surface area contributed by atoms with Crippen molar-refractivity contribution in [3.05, 3.63) is 69.6 Å². The van der Waals surface area contributed by atoms with Gasteiger partial charge in [-0.25, -0.2) is 4.79 Å². The van der Waals surface area contributed by atoms with Gasteiger partial charge in [-0.1, -0.05) is 6.07 Å². The molecule has 0 spiro atoms.